The highest BCUT2D eigenvalue weighted by Crippen LogP contribution is 2.49. The van der Waals surface area contributed by atoms with Crippen LogP contribution in [0.1, 0.15) is 112 Å². The molecule has 2 saturated carbocycles. The van der Waals surface area contributed by atoms with Gasteiger partial charge in [-0.3, -0.25) is 19.8 Å². The number of likely N-dealkylation sites (tertiary alicyclic amines) is 1. The number of piperidine rings is 1. The average molecular weight is 944 g/mol. The number of benzene rings is 2. The van der Waals surface area contributed by atoms with Crippen LogP contribution in [0.15, 0.2) is 71.9 Å². The van der Waals surface area contributed by atoms with Crippen LogP contribution in [-0.2, 0) is 10.0 Å². The van der Waals surface area contributed by atoms with Crippen molar-refractivity contribution in [3.05, 3.63) is 105 Å². The number of carbonyl (C=O) groups excluding carboxylic acids is 1. The average Bonchev–Trinajstić information content (AvgIpc) is 3.91. The highest BCUT2D eigenvalue weighted by molar-refractivity contribution is 7.90. The molecule has 3 aromatic heterocycles. The molecule has 18 heteroatoms. The van der Waals surface area contributed by atoms with Gasteiger partial charge in [-0.2, -0.15) is 0 Å². The van der Waals surface area contributed by atoms with E-state index < -0.39 is 42.9 Å². The molecule has 9 rings (SSSR count). The van der Waals surface area contributed by atoms with Crippen molar-refractivity contribution in [2.75, 3.05) is 42.9 Å². The second kappa shape index (κ2) is 18.0. The number of amides is 1. The van der Waals surface area contributed by atoms with Gasteiger partial charge >= 0.3 is 5.69 Å². The van der Waals surface area contributed by atoms with Crippen molar-refractivity contribution in [1.29, 1.82) is 0 Å². The summed E-state index contributed by atoms with van der Waals surface area (Å²) in [5.74, 6) is -0.753. The standard InChI is InChI=1S/C48H56ClFN8O7S/c1-29(2)33-7-4-5-8-34(33)35-9-6-10-39(35)57-27-48(28-57)17-19-56(20-18-48)31-11-12-36(41(21-31)65-42-23-37-38(50)26-53-44(37)54-43(42)49)46(59)55-66(63,64)32-22-40(58(61)62)45(52-25-32)51-24-30-13-15-47(3,60)16-14-30/h4-5,7-8,11-12,21-23,25-26,29-30,35,39,60H,6,9-10,13-20,24,27-28H2,1-3H3,(H,51,52)(H,53,54)(H,55,59)/t30?,35-,39-,47?/m1/s1. The summed E-state index contributed by atoms with van der Waals surface area (Å²) < 4.78 is 50.4. The Kier molecular flexibility index (Phi) is 12.5. The van der Waals surface area contributed by atoms with Gasteiger partial charge in [0.1, 0.15) is 22.1 Å². The normalized spacial score (nSPS) is 23.3. The number of pyridine rings is 2. The minimum atomic E-state index is -4.71. The number of fused-ring (bicyclic) bond motifs is 1. The monoisotopic (exact) mass is 942 g/mol. The first-order valence-corrected chi connectivity index (χ1v) is 24.7. The molecular formula is C48H56ClFN8O7S. The topological polar surface area (TPSA) is 196 Å². The lowest BCUT2D eigenvalue weighted by Crippen LogP contribution is -2.63. The number of halogens is 2. The number of nitrogens with one attached hydrogen (secondary N) is 3. The van der Waals surface area contributed by atoms with E-state index in [1.54, 1.807) is 19.1 Å². The first-order chi connectivity index (χ1) is 31.5. The number of anilines is 2. The Hall–Kier alpha value is -5.36. The number of aromatic amines is 1. The number of H-pyrrole nitrogens is 1. The number of ether oxygens (including phenoxy) is 1. The van der Waals surface area contributed by atoms with Crippen LogP contribution in [-0.4, -0.2) is 88.6 Å². The smallest absolute Gasteiger partial charge is 0.312 e. The van der Waals surface area contributed by atoms with Crippen molar-refractivity contribution >= 4 is 55.8 Å². The van der Waals surface area contributed by atoms with E-state index in [2.05, 4.69) is 68.2 Å². The molecule has 5 aromatic rings. The third-order valence-electron chi connectivity index (χ3n) is 14.5. The van der Waals surface area contributed by atoms with Crippen molar-refractivity contribution in [2.24, 2.45) is 11.3 Å². The molecule has 1 spiro atoms. The lowest BCUT2D eigenvalue weighted by atomic mass is 9.70. The summed E-state index contributed by atoms with van der Waals surface area (Å²) in [4.78, 5) is 40.7. The highest BCUT2D eigenvalue weighted by Gasteiger charge is 2.49. The molecule has 4 aliphatic rings. The second-order valence-corrected chi connectivity index (χ2v) is 21.5. The number of aromatic nitrogens is 3. The number of aliphatic hydroxyl groups is 1. The Morgan fingerprint density at radius 3 is 2.53 bits per heavy atom. The molecule has 15 nitrogen and oxygen atoms in total. The van der Waals surface area contributed by atoms with Crippen LogP contribution < -0.4 is 19.7 Å². The van der Waals surface area contributed by atoms with E-state index >= 15 is 0 Å². The minimum Gasteiger partial charge on any atom is -0.453 e. The molecule has 1 amide bonds. The number of nitrogens with zero attached hydrogens (tertiary/aromatic N) is 5. The first-order valence-electron chi connectivity index (χ1n) is 22.9. The van der Waals surface area contributed by atoms with Crippen LogP contribution in [0.4, 0.5) is 21.6 Å². The van der Waals surface area contributed by atoms with Crippen molar-refractivity contribution in [3.8, 4) is 11.5 Å². The summed E-state index contributed by atoms with van der Waals surface area (Å²) in [5.41, 5.74) is 2.57. The molecule has 2 aliphatic heterocycles. The summed E-state index contributed by atoms with van der Waals surface area (Å²) in [6.07, 6.45) is 10.3. The van der Waals surface area contributed by atoms with Crippen molar-refractivity contribution < 1.29 is 32.4 Å². The molecule has 4 fully saturated rings. The maximum atomic E-state index is 14.7. The minimum absolute atomic E-state index is 0.0591. The molecule has 2 saturated heterocycles. The molecule has 2 aromatic carbocycles. The summed E-state index contributed by atoms with van der Waals surface area (Å²) in [6, 6.07) is 16.5. The maximum absolute atomic E-state index is 14.7. The van der Waals surface area contributed by atoms with Crippen molar-refractivity contribution in [1.82, 2.24) is 24.6 Å². The summed E-state index contributed by atoms with van der Waals surface area (Å²) >= 11 is 6.51. The molecule has 2 atom stereocenters. The van der Waals surface area contributed by atoms with Gasteiger partial charge in [-0.25, -0.2) is 27.5 Å². The molecule has 66 heavy (non-hydrogen) atoms. The number of rotatable bonds is 13. The summed E-state index contributed by atoms with van der Waals surface area (Å²) in [6.45, 7) is 10.3. The van der Waals surface area contributed by atoms with Crippen LogP contribution in [0.3, 0.4) is 0 Å². The van der Waals surface area contributed by atoms with E-state index in [0.717, 1.165) is 63.2 Å². The molecule has 350 valence electrons. The fourth-order valence-corrected chi connectivity index (χ4v) is 11.8. The summed E-state index contributed by atoms with van der Waals surface area (Å²) in [5, 5.41) is 25.4. The Morgan fingerprint density at radius 2 is 1.80 bits per heavy atom. The predicted octanol–water partition coefficient (Wildman–Crippen LogP) is 9.28. The molecular weight excluding hydrogens is 887 g/mol. The van der Waals surface area contributed by atoms with Gasteiger partial charge in [0.2, 0.25) is 5.82 Å². The number of carbonyl (C=O) groups is 1. The van der Waals surface area contributed by atoms with E-state index in [9.17, 15) is 32.8 Å². The van der Waals surface area contributed by atoms with Gasteiger partial charge in [-0.15, -0.1) is 0 Å². The SMILES string of the molecule is CC(C)c1ccccc1[C@H]1CCC[C@H]1N1CC2(CCN(c3ccc(C(=O)NS(=O)(=O)c4cnc(NCC5CCC(C)(O)CC5)c([N+](=O)[O-])c4)c(Oc4cc5c(F)c[nH]c5nc4Cl)c3)CC2)C1. The fourth-order valence-electron chi connectivity index (χ4n) is 10.7. The van der Waals surface area contributed by atoms with Gasteiger partial charge in [0.05, 0.1) is 27.7 Å². The molecule has 0 radical (unpaired) electrons. The number of sulfonamides is 1. The summed E-state index contributed by atoms with van der Waals surface area (Å²) in [7, 11) is -4.71. The van der Waals surface area contributed by atoms with Gasteiger partial charge in [0, 0.05) is 62.8 Å². The van der Waals surface area contributed by atoms with Gasteiger partial charge in [0.15, 0.2) is 10.9 Å². The van der Waals surface area contributed by atoms with Crippen LogP contribution in [0.5, 0.6) is 11.5 Å². The highest BCUT2D eigenvalue weighted by atomic mass is 35.5. The van der Waals surface area contributed by atoms with E-state index in [1.165, 1.54) is 42.5 Å². The molecule has 4 N–H and O–H groups in total. The molecule has 0 unspecified atom stereocenters. The van der Waals surface area contributed by atoms with Gasteiger partial charge in [0.25, 0.3) is 15.9 Å². The zero-order chi connectivity index (χ0) is 46.5. The Balaban J connectivity index is 0.917. The Morgan fingerprint density at radius 1 is 1.06 bits per heavy atom. The predicted molar refractivity (Wildman–Crippen MR) is 251 cm³/mol. The Labute approximate surface area is 388 Å². The van der Waals surface area contributed by atoms with Gasteiger partial charge in [-0.05, 0) is 111 Å². The lowest BCUT2D eigenvalue weighted by molar-refractivity contribution is -0.384. The van der Waals surface area contributed by atoms with Crippen LogP contribution in [0, 0.1) is 27.3 Å². The van der Waals surface area contributed by atoms with Crippen molar-refractivity contribution in [3.63, 3.8) is 0 Å². The largest absolute Gasteiger partial charge is 0.453 e. The van der Waals surface area contributed by atoms with Crippen LogP contribution >= 0.6 is 11.6 Å². The van der Waals surface area contributed by atoms with Crippen molar-refractivity contribution in [2.45, 2.75) is 107 Å². The quantitative estimate of drug-likeness (QED) is 0.0497. The number of hydrogen-bond acceptors (Lipinski definition) is 12. The maximum Gasteiger partial charge on any atom is 0.312 e. The zero-order valence-corrected chi connectivity index (χ0v) is 38.9. The molecule has 0 bridgehead atoms. The molecule has 2 aliphatic carbocycles. The first kappa shape index (κ1) is 45.8. The van der Waals surface area contributed by atoms with Gasteiger partial charge < -0.3 is 25.0 Å². The van der Waals surface area contributed by atoms with Crippen LogP contribution in [0.25, 0.3) is 11.0 Å². The molecule has 5 heterocycles. The van der Waals surface area contributed by atoms with Gasteiger partial charge in [-0.1, -0.05) is 56.1 Å². The van der Waals surface area contributed by atoms with E-state index in [-0.39, 0.29) is 50.4 Å². The lowest BCUT2D eigenvalue weighted by Gasteiger charge is -2.57. The van der Waals surface area contributed by atoms with E-state index in [1.807, 2.05) is 4.72 Å². The van der Waals surface area contributed by atoms with E-state index in [4.69, 9.17) is 16.3 Å². The Bertz CT molecular complexity index is 2760. The van der Waals surface area contributed by atoms with E-state index in [0.29, 0.717) is 50.1 Å². The third kappa shape index (κ3) is 9.31. The second-order valence-electron chi connectivity index (χ2n) is 19.4. The number of nitro groups is 1. The number of hydrogen-bond donors (Lipinski definition) is 4. The van der Waals surface area contributed by atoms with Crippen LogP contribution in [0.2, 0.25) is 5.15 Å². The third-order valence-corrected chi connectivity index (χ3v) is 16.1. The zero-order valence-electron chi connectivity index (χ0n) is 37.4. The fraction of sp³-hybridized carbons (Fsp3) is 0.479.